The molecule has 1 N–H and O–H groups in total. The lowest BCUT2D eigenvalue weighted by Crippen LogP contribution is -2.24. The SMILES string of the molecule is C/C=C/C=C/C(=O)OCC(O)COC(=O)CCCCCCC/C=C/CCCCCCCC. The molecule has 32 heavy (non-hydrogen) atoms. The summed E-state index contributed by atoms with van der Waals surface area (Å²) in [4.78, 5) is 23.1. The minimum Gasteiger partial charge on any atom is -0.463 e. The standard InChI is InChI=1S/C27H46O5/c1-3-5-7-8-9-10-11-12-13-14-15-16-17-18-20-22-27(30)32-24-25(28)23-31-26(29)21-19-6-4-2/h4,6,12-13,19,21,25,28H,3,5,7-11,14-18,20,22-24H2,1-2H3/b6-4+,13-12+,21-19+. The summed E-state index contributed by atoms with van der Waals surface area (Å²) in [6.45, 7) is 3.74. The molecule has 0 aromatic rings. The first-order valence-electron chi connectivity index (χ1n) is 12.5. The van der Waals surface area contributed by atoms with Gasteiger partial charge in [-0.3, -0.25) is 4.79 Å². The zero-order chi connectivity index (χ0) is 23.7. The molecule has 0 rings (SSSR count). The minimum absolute atomic E-state index is 0.157. The Hall–Kier alpha value is -1.88. The average molecular weight is 451 g/mol. The molecule has 1 atom stereocenters. The lowest BCUT2D eigenvalue weighted by atomic mass is 10.1. The van der Waals surface area contributed by atoms with Crippen LogP contribution < -0.4 is 0 Å². The van der Waals surface area contributed by atoms with E-state index in [4.69, 9.17) is 9.47 Å². The summed E-state index contributed by atoms with van der Waals surface area (Å²) in [5, 5.41) is 9.72. The largest absolute Gasteiger partial charge is 0.463 e. The van der Waals surface area contributed by atoms with Gasteiger partial charge in [0.05, 0.1) is 0 Å². The van der Waals surface area contributed by atoms with Gasteiger partial charge in [0.25, 0.3) is 0 Å². The van der Waals surface area contributed by atoms with Gasteiger partial charge in [-0.15, -0.1) is 0 Å². The molecule has 184 valence electrons. The van der Waals surface area contributed by atoms with Gasteiger partial charge in [0.15, 0.2) is 0 Å². The maximum Gasteiger partial charge on any atom is 0.330 e. The summed E-state index contributed by atoms with van der Waals surface area (Å²) in [6, 6.07) is 0. The number of ether oxygens (including phenoxy) is 2. The van der Waals surface area contributed by atoms with Gasteiger partial charge >= 0.3 is 11.9 Å². The molecule has 0 aliphatic carbocycles. The Balaban J connectivity index is 3.47. The Labute approximate surface area is 196 Å². The molecule has 5 heteroatoms. The van der Waals surface area contributed by atoms with Crippen molar-refractivity contribution in [3.05, 3.63) is 36.5 Å². The van der Waals surface area contributed by atoms with Crippen molar-refractivity contribution in [3.8, 4) is 0 Å². The third-order valence-corrected chi connectivity index (χ3v) is 5.03. The molecule has 0 heterocycles. The second-order valence-corrected chi connectivity index (χ2v) is 8.19. The zero-order valence-electron chi connectivity index (χ0n) is 20.4. The molecule has 0 bridgehead atoms. The van der Waals surface area contributed by atoms with E-state index in [0.29, 0.717) is 6.42 Å². The number of esters is 2. The fourth-order valence-corrected chi connectivity index (χ4v) is 3.12. The zero-order valence-corrected chi connectivity index (χ0v) is 20.4. The summed E-state index contributed by atoms with van der Waals surface area (Å²) in [6.07, 6.45) is 26.1. The topological polar surface area (TPSA) is 72.8 Å². The van der Waals surface area contributed by atoms with Crippen molar-refractivity contribution in [3.63, 3.8) is 0 Å². The molecule has 0 saturated carbocycles. The van der Waals surface area contributed by atoms with Gasteiger partial charge in [-0.25, -0.2) is 4.79 Å². The molecule has 1 unspecified atom stereocenters. The number of aliphatic hydroxyl groups is 1. The Morgan fingerprint density at radius 3 is 1.97 bits per heavy atom. The Kier molecular flexibility index (Phi) is 22.4. The van der Waals surface area contributed by atoms with E-state index >= 15 is 0 Å². The third kappa shape index (κ3) is 22.8. The highest BCUT2D eigenvalue weighted by molar-refractivity contribution is 5.82. The first-order valence-corrected chi connectivity index (χ1v) is 12.5. The minimum atomic E-state index is -1.01. The van der Waals surface area contributed by atoms with Gasteiger partial charge in [-0.2, -0.15) is 0 Å². The summed E-state index contributed by atoms with van der Waals surface area (Å²) in [5.74, 6) is -0.859. The number of hydrogen-bond donors (Lipinski definition) is 1. The quantitative estimate of drug-likeness (QED) is 0.0701. The summed E-state index contributed by atoms with van der Waals surface area (Å²) < 4.78 is 9.90. The van der Waals surface area contributed by atoms with Crippen LogP contribution in [0.15, 0.2) is 36.5 Å². The molecule has 0 radical (unpaired) electrons. The predicted octanol–water partition coefficient (Wildman–Crippen LogP) is 6.60. The van der Waals surface area contributed by atoms with E-state index in [1.165, 1.54) is 63.9 Å². The van der Waals surface area contributed by atoms with Crippen molar-refractivity contribution in [2.24, 2.45) is 0 Å². The molecule has 0 spiro atoms. The van der Waals surface area contributed by atoms with E-state index in [-0.39, 0.29) is 19.2 Å². The second-order valence-electron chi connectivity index (χ2n) is 8.19. The molecule has 0 amide bonds. The second kappa shape index (κ2) is 23.8. The Morgan fingerprint density at radius 1 is 0.781 bits per heavy atom. The van der Waals surface area contributed by atoms with E-state index in [1.807, 2.05) is 6.92 Å². The lowest BCUT2D eigenvalue weighted by molar-refractivity contribution is -0.150. The first-order chi connectivity index (χ1) is 15.6. The predicted molar refractivity (Wildman–Crippen MR) is 131 cm³/mol. The molecule has 0 aromatic heterocycles. The number of unbranched alkanes of at least 4 members (excludes halogenated alkanes) is 11. The molecule has 5 nitrogen and oxygen atoms in total. The first kappa shape index (κ1) is 30.1. The highest BCUT2D eigenvalue weighted by Crippen LogP contribution is 2.10. The third-order valence-electron chi connectivity index (χ3n) is 5.03. The van der Waals surface area contributed by atoms with Crippen LogP contribution in [0.4, 0.5) is 0 Å². The van der Waals surface area contributed by atoms with Crippen LogP contribution in [-0.4, -0.2) is 36.4 Å². The number of allylic oxidation sites excluding steroid dienone is 5. The number of carbonyl (C=O) groups is 2. The molecule has 0 aromatic carbocycles. The van der Waals surface area contributed by atoms with Gasteiger partial charge in [-0.1, -0.05) is 88.7 Å². The average Bonchev–Trinajstić information content (AvgIpc) is 2.79. The Morgan fingerprint density at radius 2 is 1.34 bits per heavy atom. The highest BCUT2D eigenvalue weighted by atomic mass is 16.6. The maximum absolute atomic E-state index is 11.7. The number of aliphatic hydroxyl groups excluding tert-OH is 1. The van der Waals surface area contributed by atoms with E-state index in [9.17, 15) is 14.7 Å². The molecule has 0 fully saturated rings. The lowest BCUT2D eigenvalue weighted by Gasteiger charge is -2.11. The van der Waals surface area contributed by atoms with Crippen LogP contribution >= 0.6 is 0 Å². The monoisotopic (exact) mass is 450 g/mol. The van der Waals surface area contributed by atoms with E-state index in [1.54, 1.807) is 18.2 Å². The fourth-order valence-electron chi connectivity index (χ4n) is 3.12. The molecule has 0 aliphatic rings. The van der Waals surface area contributed by atoms with Crippen molar-refractivity contribution >= 4 is 11.9 Å². The van der Waals surface area contributed by atoms with E-state index in [2.05, 4.69) is 19.1 Å². The van der Waals surface area contributed by atoms with Gasteiger partial charge in [-0.05, 0) is 39.0 Å². The summed E-state index contributed by atoms with van der Waals surface area (Å²) in [5.41, 5.74) is 0. The van der Waals surface area contributed by atoms with Crippen LogP contribution in [0.2, 0.25) is 0 Å². The number of hydrogen-bond acceptors (Lipinski definition) is 5. The van der Waals surface area contributed by atoms with Crippen LogP contribution in [0.3, 0.4) is 0 Å². The number of rotatable bonds is 21. The van der Waals surface area contributed by atoms with E-state index in [0.717, 1.165) is 25.7 Å². The van der Waals surface area contributed by atoms with E-state index < -0.39 is 12.1 Å². The smallest absolute Gasteiger partial charge is 0.330 e. The van der Waals surface area contributed by atoms with Gasteiger partial charge in [0, 0.05) is 12.5 Å². The van der Waals surface area contributed by atoms with Crippen molar-refractivity contribution < 1.29 is 24.2 Å². The van der Waals surface area contributed by atoms with Gasteiger partial charge in [0.1, 0.15) is 19.3 Å². The van der Waals surface area contributed by atoms with Crippen LogP contribution in [0.5, 0.6) is 0 Å². The molecular weight excluding hydrogens is 404 g/mol. The number of carbonyl (C=O) groups excluding carboxylic acids is 2. The van der Waals surface area contributed by atoms with Crippen molar-refractivity contribution in [2.75, 3.05) is 13.2 Å². The summed E-state index contributed by atoms with van der Waals surface area (Å²) in [7, 11) is 0. The van der Waals surface area contributed by atoms with Crippen molar-refractivity contribution in [1.29, 1.82) is 0 Å². The van der Waals surface area contributed by atoms with Crippen molar-refractivity contribution in [1.82, 2.24) is 0 Å². The maximum atomic E-state index is 11.7. The van der Waals surface area contributed by atoms with Crippen molar-refractivity contribution in [2.45, 2.75) is 110 Å². The van der Waals surface area contributed by atoms with Crippen LogP contribution in [0.1, 0.15) is 104 Å². The Bertz CT molecular complexity index is 536. The molecule has 0 aliphatic heterocycles. The fraction of sp³-hybridized carbons (Fsp3) is 0.704. The van der Waals surface area contributed by atoms with Crippen LogP contribution in [0, 0.1) is 0 Å². The normalized spacial score (nSPS) is 12.7. The van der Waals surface area contributed by atoms with Crippen LogP contribution in [-0.2, 0) is 19.1 Å². The summed E-state index contributed by atoms with van der Waals surface area (Å²) >= 11 is 0. The highest BCUT2D eigenvalue weighted by Gasteiger charge is 2.10. The van der Waals surface area contributed by atoms with Crippen LogP contribution in [0.25, 0.3) is 0 Å². The molecular formula is C27H46O5. The molecule has 0 saturated heterocycles. The van der Waals surface area contributed by atoms with Gasteiger partial charge in [0.2, 0.25) is 0 Å². The van der Waals surface area contributed by atoms with Gasteiger partial charge < -0.3 is 14.6 Å².